The molecule has 1 aromatic heterocycles. The van der Waals surface area contributed by atoms with Gasteiger partial charge in [-0.25, -0.2) is 4.98 Å². The zero-order valence-corrected chi connectivity index (χ0v) is 11.9. The van der Waals surface area contributed by atoms with Crippen LogP contribution in [0.1, 0.15) is 25.6 Å². The highest BCUT2D eigenvalue weighted by Crippen LogP contribution is 2.31. The Morgan fingerprint density at radius 3 is 3.00 bits per heavy atom. The van der Waals surface area contributed by atoms with Gasteiger partial charge in [-0.05, 0) is 32.0 Å². The number of anilines is 1. The lowest BCUT2D eigenvalue weighted by atomic mass is 10.2. The Balaban J connectivity index is 2.19. The lowest BCUT2D eigenvalue weighted by Gasteiger charge is -2.17. The van der Waals surface area contributed by atoms with Crippen molar-refractivity contribution in [2.24, 2.45) is 0 Å². The summed E-state index contributed by atoms with van der Waals surface area (Å²) in [7, 11) is 0. The summed E-state index contributed by atoms with van der Waals surface area (Å²) in [5.41, 5.74) is 3.74. The fourth-order valence-corrected chi connectivity index (χ4v) is 2.46. The van der Waals surface area contributed by atoms with Crippen LogP contribution in [-0.2, 0) is 0 Å². The monoisotopic (exact) mass is 282 g/mol. The smallest absolute Gasteiger partial charge is 0.142 e. The first kappa shape index (κ1) is 13.2. The van der Waals surface area contributed by atoms with Crippen molar-refractivity contribution < 1.29 is 4.74 Å². The fourth-order valence-electron chi connectivity index (χ4n) is 1.64. The maximum atomic E-state index is 6.02. The third kappa shape index (κ3) is 3.15. The summed E-state index contributed by atoms with van der Waals surface area (Å²) in [6.45, 7) is 4.65. The minimum atomic E-state index is 0.119. The third-order valence-corrected chi connectivity index (χ3v) is 3.35. The van der Waals surface area contributed by atoms with E-state index >= 15 is 0 Å². The molecule has 1 heterocycles. The molecule has 2 rings (SSSR count). The number of halogens is 1. The molecular weight excluding hydrogens is 268 g/mol. The Morgan fingerprint density at radius 1 is 1.50 bits per heavy atom. The van der Waals surface area contributed by atoms with Gasteiger partial charge in [0.05, 0.1) is 29.5 Å². The van der Waals surface area contributed by atoms with Gasteiger partial charge in [0.15, 0.2) is 0 Å². The third-order valence-electron chi connectivity index (χ3n) is 2.51. The van der Waals surface area contributed by atoms with Crippen LogP contribution >= 0.6 is 22.9 Å². The Bertz CT molecular complexity index is 502. The predicted molar refractivity (Wildman–Crippen MR) is 76.8 cm³/mol. The summed E-state index contributed by atoms with van der Waals surface area (Å²) in [6, 6.07) is 5.69. The van der Waals surface area contributed by atoms with Crippen LogP contribution < -0.4 is 10.1 Å². The van der Waals surface area contributed by atoms with Crippen molar-refractivity contribution in [1.82, 2.24) is 4.98 Å². The summed E-state index contributed by atoms with van der Waals surface area (Å²) >= 11 is 7.60. The summed E-state index contributed by atoms with van der Waals surface area (Å²) in [5, 5.41) is 6.09. The van der Waals surface area contributed by atoms with Gasteiger partial charge in [0.25, 0.3) is 0 Å². The van der Waals surface area contributed by atoms with Gasteiger partial charge in [-0.15, -0.1) is 11.3 Å². The van der Waals surface area contributed by atoms with Crippen LogP contribution in [0.2, 0.25) is 5.02 Å². The van der Waals surface area contributed by atoms with Crippen LogP contribution in [0.4, 0.5) is 5.69 Å². The quantitative estimate of drug-likeness (QED) is 0.884. The highest BCUT2D eigenvalue weighted by atomic mass is 35.5. The van der Waals surface area contributed by atoms with Crippen LogP contribution in [0, 0.1) is 0 Å². The molecule has 1 aromatic carbocycles. The lowest BCUT2D eigenvalue weighted by molar-refractivity contribution is 0.341. The molecule has 0 radical (unpaired) electrons. The number of thiazole rings is 1. The molecule has 2 aromatic rings. The molecule has 0 spiro atoms. The molecule has 1 atom stereocenters. The van der Waals surface area contributed by atoms with E-state index in [2.05, 4.69) is 17.2 Å². The normalized spacial score (nSPS) is 12.2. The first-order valence-electron chi connectivity index (χ1n) is 5.77. The van der Waals surface area contributed by atoms with Crippen molar-refractivity contribution in [2.75, 3.05) is 11.9 Å². The number of ether oxygens (including phenoxy) is 1. The molecule has 0 saturated carbocycles. The molecule has 18 heavy (non-hydrogen) atoms. The fraction of sp³-hybridized carbons (Fsp3) is 0.308. The molecule has 0 aliphatic carbocycles. The van der Waals surface area contributed by atoms with E-state index in [-0.39, 0.29) is 6.04 Å². The van der Waals surface area contributed by atoms with Crippen molar-refractivity contribution >= 4 is 28.6 Å². The van der Waals surface area contributed by atoms with Gasteiger partial charge in [-0.1, -0.05) is 11.6 Å². The van der Waals surface area contributed by atoms with Gasteiger partial charge >= 0.3 is 0 Å². The van der Waals surface area contributed by atoms with E-state index in [1.165, 1.54) is 0 Å². The number of benzene rings is 1. The molecular formula is C13H15ClN2OS. The first-order chi connectivity index (χ1) is 8.70. The molecule has 1 N–H and O–H groups in total. The highest BCUT2D eigenvalue weighted by Gasteiger charge is 2.11. The van der Waals surface area contributed by atoms with Gasteiger partial charge in [-0.3, -0.25) is 0 Å². The minimum absolute atomic E-state index is 0.119. The van der Waals surface area contributed by atoms with E-state index in [9.17, 15) is 0 Å². The van der Waals surface area contributed by atoms with Crippen LogP contribution in [0.15, 0.2) is 29.1 Å². The minimum Gasteiger partial charge on any atom is -0.492 e. The summed E-state index contributed by atoms with van der Waals surface area (Å²) in [5.74, 6) is 0.809. The van der Waals surface area contributed by atoms with E-state index in [0.29, 0.717) is 11.6 Å². The Kier molecular flexibility index (Phi) is 4.44. The predicted octanol–water partition coefficient (Wildman–Crippen LogP) is 4.37. The largest absolute Gasteiger partial charge is 0.492 e. The zero-order chi connectivity index (χ0) is 13.0. The van der Waals surface area contributed by atoms with Crippen molar-refractivity contribution in [3.8, 4) is 5.75 Å². The lowest BCUT2D eigenvalue weighted by Crippen LogP contribution is -2.08. The summed E-state index contributed by atoms with van der Waals surface area (Å²) in [4.78, 5) is 4.29. The average molecular weight is 283 g/mol. The standard InChI is InChI=1S/C13H15ClN2OS/c1-3-17-13-5-4-10(14)6-11(13)16-9(2)12-7-18-8-15-12/h4-9,16H,3H2,1-2H3. The van der Waals surface area contributed by atoms with E-state index < -0.39 is 0 Å². The molecule has 0 amide bonds. The van der Waals surface area contributed by atoms with Crippen LogP contribution in [-0.4, -0.2) is 11.6 Å². The van der Waals surface area contributed by atoms with Crippen LogP contribution in [0.25, 0.3) is 0 Å². The highest BCUT2D eigenvalue weighted by molar-refractivity contribution is 7.07. The Hall–Kier alpha value is -1.26. The maximum absolute atomic E-state index is 6.02. The first-order valence-corrected chi connectivity index (χ1v) is 7.09. The summed E-state index contributed by atoms with van der Waals surface area (Å²) < 4.78 is 5.57. The molecule has 0 bridgehead atoms. The number of aromatic nitrogens is 1. The topological polar surface area (TPSA) is 34.1 Å². The van der Waals surface area contributed by atoms with Gasteiger partial charge in [0.1, 0.15) is 5.75 Å². The average Bonchev–Trinajstić information content (AvgIpc) is 2.86. The van der Waals surface area contributed by atoms with E-state index in [4.69, 9.17) is 16.3 Å². The van der Waals surface area contributed by atoms with Crippen LogP contribution in [0.5, 0.6) is 5.75 Å². The number of hydrogen-bond donors (Lipinski definition) is 1. The van der Waals surface area contributed by atoms with Crippen molar-refractivity contribution in [1.29, 1.82) is 0 Å². The van der Waals surface area contributed by atoms with Crippen LogP contribution in [0.3, 0.4) is 0 Å². The molecule has 0 fully saturated rings. The Labute approximate surface area is 116 Å². The van der Waals surface area contributed by atoms with E-state index in [0.717, 1.165) is 17.1 Å². The number of rotatable bonds is 5. The summed E-state index contributed by atoms with van der Waals surface area (Å²) in [6.07, 6.45) is 0. The second kappa shape index (κ2) is 6.07. The second-order valence-electron chi connectivity index (χ2n) is 3.85. The SMILES string of the molecule is CCOc1ccc(Cl)cc1NC(C)c1cscn1. The molecule has 96 valence electrons. The number of nitrogens with zero attached hydrogens (tertiary/aromatic N) is 1. The molecule has 5 heteroatoms. The molecule has 0 aliphatic heterocycles. The Morgan fingerprint density at radius 2 is 2.33 bits per heavy atom. The van der Waals surface area contributed by atoms with Crippen molar-refractivity contribution in [3.05, 3.63) is 39.8 Å². The van der Waals surface area contributed by atoms with E-state index in [1.807, 2.05) is 36.0 Å². The molecule has 3 nitrogen and oxygen atoms in total. The molecule has 0 saturated heterocycles. The van der Waals surface area contributed by atoms with Gasteiger partial charge in [0.2, 0.25) is 0 Å². The van der Waals surface area contributed by atoms with Gasteiger partial charge in [0, 0.05) is 10.4 Å². The molecule has 0 aliphatic rings. The van der Waals surface area contributed by atoms with Gasteiger partial charge < -0.3 is 10.1 Å². The van der Waals surface area contributed by atoms with Crippen molar-refractivity contribution in [3.63, 3.8) is 0 Å². The van der Waals surface area contributed by atoms with E-state index in [1.54, 1.807) is 11.3 Å². The number of nitrogens with one attached hydrogen (secondary N) is 1. The maximum Gasteiger partial charge on any atom is 0.142 e. The molecule has 1 unspecified atom stereocenters. The second-order valence-corrected chi connectivity index (χ2v) is 5.01. The zero-order valence-electron chi connectivity index (χ0n) is 10.3. The van der Waals surface area contributed by atoms with Gasteiger partial charge in [-0.2, -0.15) is 0 Å². The number of hydrogen-bond acceptors (Lipinski definition) is 4. The van der Waals surface area contributed by atoms with Crippen molar-refractivity contribution in [2.45, 2.75) is 19.9 Å².